The number of aromatic amines is 1. The second-order valence-electron chi connectivity index (χ2n) is 7.28. The van der Waals surface area contributed by atoms with Crippen LogP contribution in [0.2, 0.25) is 0 Å². The zero-order valence-electron chi connectivity index (χ0n) is 17.6. The molecule has 0 saturated carbocycles. The van der Waals surface area contributed by atoms with Gasteiger partial charge in [-0.2, -0.15) is 5.10 Å². The number of ether oxygens (including phenoxy) is 2. The van der Waals surface area contributed by atoms with Gasteiger partial charge in [-0.3, -0.25) is 9.89 Å². The minimum atomic E-state index is -0.332. The number of furan rings is 1. The lowest BCUT2D eigenvalue weighted by atomic mass is 10.1. The highest BCUT2D eigenvalue weighted by Crippen LogP contribution is 2.27. The Bertz CT molecular complexity index is 1180. The number of nitrogens with one attached hydrogen (secondary N) is 2. The summed E-state index contributed by atoms with van der Waals surface area (Å²) < 4.78 is 16.7. The molecular formula is C23H24N4O4. The highest BCUT2D eigenvalue weighted by Gasteiger charge is 2.21. The summed E-state index contributed by atoms with van der Waals surface area (Å²) in [6, 6.07) is 15.0. The molecule has 160 valence electrons. The van der Waals surface area contributed by atoms with Gasteiger partial charge in [0.2, 0.25) is 0 Å². The summed E-state index contributed by atoms with van der Waals surface area (Å²) in [4.78, 5) is 17.3. The van der Waals surface area contributed by atoms with E-state index in [9.17, 15) is 4.79 Å². The number of para-hydroxylation sites is 1. The highest BCUT2D eigenvalue weighted by atomic mass is 16.5. The molecule has 2 heterocycles. The lowest BCUT2D eigenvalue weighted by Gasteiger charge is -2.08. The van der Waals surface area contributed by atoms with Gasteiger partial charge in [0, 0.05) is 16.5 Å². The van der Waals surface area contributed by atoms with Crippen LogP contribution >= 0.6 is 0 Å². The number of fused-ring (bicyclic) bond motifs is 1. The van der Waals surface area contributed by atoms with Crippen LogP contribution in [0.4, 0.5) is 0 Å². The maximum absolute atomic E-state index is 12.9. The molecule has 0 unspecified atom stereocenters. The maximum atomic E-state index is 12.9. The van der Waals surface area contributed by atoms with Crippen molar-refractivity contribution in [2.75, 3.05) is 7.11 Å². The molecule has 4 rings (SSSR count). The van der Waals surface area contributed by atoms with Crippen LogP contribution in [0.15, 0.2) is 52.9 Å². The van der Waals surface area contributed by atoms with Crippen molar-refractivity contribution >= 4 is 16.9 Å². The molecule has 31 heavy (non-hydrogen) atoms. The van der Waals surface area contributed by atoms with Gasteiger partial charge in [0.15, 0.2) is 11.6 Å². The van der Waals surface area contributed by atoms with Gasteiger partial charge in [-0.25, -0.2) is 4.98 Å². The van der Waals surface area contributed by atoms with Crippen LogP contribution in [-0.4, -0.2) is 34.3 Å². The normalized spacial score (nSPS) is 11.2. The van der Waals surface area contributed by atoms with E-state index >= 15 is 0 Å². The first kappa shape index (κ1) is 20.6. The Kier molecular flexibility index (Phi) is 5.99. The van der Waals surface area contributed by atoms with Gasteiger partial charge >= 0.3 is 0 Å². The molecule has 0 aliphatic rings. The van der Waals surface area contributed by atoms with Gasteiger partial charge in [0.25, 0.3) is 5.91 Å². The van der Waals surface area contributed by atoms with Crippen molar-refractivity contribution in [3.05, 3.63) is 65.7 Å². The van der Waals surface area contributed by atoms with Crippen molar-refractivity contribution in [1.29, 1.82) is 0 Å². The van der Waals surface area contributed by atoms with Gasteiger partial charge in [-0.15, -0.1) is 0 Å². The minimum Gasteiger partial charge on any atom is -0.497 e. The summed E-state index contributed by atoms with van der Waals surface area (Å²) in [5.74, 6) is 1.75. The Labute approximate surface area is 179 Å². The van der Waals surface area contributed by atoms with E-state index < -0.39 is 0 Å². The average Bonchev–Trinajstić information content (AvgIpc) is 3.41. The van der Waals surface area contributed by atoms with E-state index in [0.717, 1.165) is 22.3 Å². The number of amides is 1. The average molecular weight is 420 g/mol. The Morgan fingerprint density at radius 1 is 1.16 bits per heavy atom. The fourth-order valence-electron chi connectivity index (χ4n) is 3.16. The van der Waals surface area contributed by atoms with Crippen LogP contribution in [-0.2, 0) is 17.9 Å². The molecule has 2 N–H and O–H groups in total. The predicted molar refractivity (Wildman–Crippen MR) is 116 cm³/mol. The van der Waals surface area contributed by atoms with Crippen molar-refractivity contribution in [1.82, 2.24) is 20.5 Å². The first-order chi connectivity index (χ1) is 15.0. The number of benzene rings is 2. The minimum absolute atomic E-state index is 0.0372. The molecule has 0 spiro atoms. The van der Waals surface area contributed by atoms with Crippen LogP contribution in [0.1, 0.15) is 35.8 Å². The molecule has 2 aromatic carbocycles. The highest BCUT2D eigenvalue weighted by molar-refractivity contribution is 5.99. The number of rotatable bonds is 8. The third-order valence-electron chi connectivity index (χ3n) is 4.76. The van der Waals surface area contributed by atoms with E-state index in [-0.39, 0.29) is 24.3 Å². The first-order valence-electron chi connectivity index (χ1n) is 10.0. The van der Waals surface area contributed by atoms with Gasteiger partial charge in [0.1, 0.15) is 17.2 Å². The second kappa shape index (κ2) is 9.01. The summed E-state index contributed by atoms with van der Waals surface area (Å²) in [5, 5.41) is 10.8. The molecule has 0 aliphatic heterocycles. The van der Waals surface area contributed by atoms with Crippen molar-refractivity contribution in [2.45, 2.75) is 33.1 Å². The van der Waals surface area contributed by atoms with Crippen LogP contribution in [0, 0.1) is 0 Å². The number of hydrogen-bond donors (Lipinski definition) is 2. The predicted octanol–water partition coefficient (Wildman–Crippen LogP) is 4.08. The van der Waals surface area contributed by atoms with E-state index in [1.54, 1.807) is 7.11 Å². The number of H-pyrrole nitrogens is 1. The fraction of sp³-hybridized carbons (Fsp3) is 0.261. The van der Waals surface area contributed by atoms with Crippen molar-refractivity contribution in [2.24, 2.45) is 0 Å². The molecule has 8 nitrogen and oxygen atoms in total. The van der Waals surface area contributed by atoms with Crippen molar-refractivity contribution < 1.29 is 18.7 Å². The Morgan fingerprint density at radius 2 is 1.94 bits per heavy atom. The zero-order valence-corrected chi connectivity index (χ0v) is 17.6. The molecule has 0 radical (unpaired) electrons. The molecule has 0 atom stereocenters. The van der Waals surface area contributed by atoms with Crippen molar-refractivity contribution in [3.8, 4) is 17.1 Å². The standard InChI is InChI=1S/C23H24N4O4/c1-14(2)30-13-18-17-6-4-5-7-19(17)31-21(18)23(28)24-12-20-25-22(27-26-20)15-8-10-16(29-3)11-9-15/h4-11,14H,12-13H2,1-3H3,(H,24,28)(H,25,26,27). The summed E-state index contributed by atoms with van der Waals surface area (Å²) in [6.07, 6.45) is 0.0372. The number of nitrogens with zero attached hydrogens (tertiary/aromatic N) is 2. The van der Waals surface area contributed by atoms with Crippen LogP contribution in [0.5, 0.6) is 5.75 Å². The van der Waals surface area contributed by atoms with Crippen LogP contribution < -0.4 is 10.1 Å². The monoisotopic (exact) mass is 420 g/mol. The first-order valence-corrected chi connectivity index (χ1v) is 10.0. The third kappa shape index (κ3) is 4.59. The largest absolute Gasteiger partial charge is 0.497 e. The smallest absolute Gasteiger partial charge is 0.287 e. The number of aromatic nitrogens is 3. The van der Waals surface area contributed by atoms with E-state index in [0.29, 0.717) is 23.8 Å². The summed E-state index contributed by atoms with van der Waals surface area (Å²) in [5.41, 5.74) is 2.23. The number of carbonyl (C=O) groups excluding carboxylic acids is 1. The third-order valence-corrected chi connectivity index (χ3v) is 4.76. The number of carbonyl (C=O) groups is 1. The molecule has 8 heteroatoms. The fourth-order valence-corrected chi connectivity index (χ4v) is 3.16. The van der Waals surface area contributed by atoms with E-state index in [2.05, 4.69) is 20.5 Å². The lowest BCUT2D eigenvalue weighted by Crippen LogP contribution is -2.24. The van der Waals surface area contributed by atoms with Gasteiger partial charge in [-0.1, -0.05) is 18.2 Å². The summed E-state index contributed by atoms with van der Waals surface area (Å²) in [6.45, 7) is 4.38. The summed E-state index contributed by atoms with van der Waals surface area (Å²) >= 11 is 0. The second-order valence-corrected chi connectivity index (χ2v) is 7.28. The zero-order chi connectivity index (χ0) is 21.8. The number of methoxy groups -OCH3 is 1. The molecule has 0 aliphatic carbocycles. The molecular weight excluding hydrogens is 396 g/mol. The molecule has 0 fully saturated rings. The lowest BCUT2D eigenvalue weighted by molar-refractivity contribution is 0.0643. The maximum Gasteiger partial charge on any atom is 0.287 e. The molecule has 0 bridgehead atoms. The van der Waals surface area contributed by atoms with Crippen LogP contribution in [0.25, 0.3) is 22.4 Å². The Morgan fingerprint density at radius 3 is 2.68 bits per heavy atom. The number of hydrogen-bond acceptors (Lipinski definition) is 6. The molecule has 4 aromatic rings. The Hall–Kier alpha value is -3.65. The van der Waals surface area contributed by atoms with Gasteiger partial charge < -0.3 is 19.2 Å². The van der Waals surface area contributed by atoms with Crippen LogP contribution in [0.3, 0.4) is 0 Å². The van der Waals surface area contributed by atoms with Gasteiger partial charge in [0.05, 0.1) is 26.4 Å². The quantitative estimate of drug-likeness (QED) is 0.445. The molecule has 0 saturated heterocycles. The Balaban J connectivity index is 1.48. The molecule has 1 amide bonds. The van der Waals surface area contributed by atoms with Crippen molar-refractivity contribution in [3.63, 3.8) is 0 Å². The SMILES string of the molecule is COc1ccc(-c2n[nH]c(CNC(=O)c3oc4ccccc4c3COC(C)C)n2)cc1. The topological polar surface area (TPSA) is 102 Å². The van der Waals surface area contributed by atoms with E-state index in [4.69, 9.17) is 13.9 Å². The van der Waals surface area contributed by atoms with Gasteiger partial charge in [-0.05, 0) is 44.2 Å². The summed E-state index contributed by atoms with van der Waals surface area (Å²) in [7, 11) is 1.62. The van der Waals surface area contributed by atoms with E-state index in [1.807, 2.05) is 62.4 Å². The van der Waals surface area contributed by atoms with E-state index in [1.165, 1.54) is 0 Å². The molecule has 2 aromatic heterocycles.